The fourth-order valence-corrected chi connectivity index (χ4v) is 4.39. The predicted octanol–water partition coefficient (Wildman–Crippen LogP) is 3.54. The minimum absolute atomic E-state index is 0. The lowest BCUT2D eigenvalue weighted by molar-refractivity contribution is 0.0526. The molecular formula is C22H31ClN4O. The lowest BCUT2D eigenvalue weighted by Gasteiger charge is -2.42. The van der Waals surface area contributed by atoms with E-state index in [0.29, 0.717) is 12.2 Å². The molecular weight excluding hydrogens is 372 g/mol. The molecule has 5 nitrogen and oxygen atoms in total. The van der Waals surface area contributed by atoms with Crippen LogP contribution in [-0.4, -0.2) is 39.7 Å². The predicted molar refractivity (Wildman–Crippen MR) is 114 cm³/mol. The van der Waals surface area contributed by atoms with Gasteiger partial charge in [0.2, 0.25) is 0 Å². The monoisotopic (exact) mass is 402 g/mol. The van der Waals surface area contributed by atoms with Gasteiger partial charge in [-0.1, -0.05) is 32.9 Å². The molecule has 0 bridgehead atoms. The highest BCUT2D eigenvalue weighted by molar-refractivity contribution is 5.94. The molecule has 1 saturated heterocycles. The molecule has 0 saturated carbocycles. The summed E-state index contributed by atoms with van der Waals surface area (Å²) in [6, 6.07) is 8.66. The van der Waals surface area contributed by atoms with Crippen LogP contribution in [0.1, 0.15) is 60.9 Å². The van der Waals surface area contributed by atoms with Gasteiger partial charge in [0, 0.05) is 30.4 Å². The lowest BCUT2D eigenvalue weighted by atomic mass is 9.79. The smallest absolute Gasteiger partial charge is 0.274 e. The third kappa shape index (κ3) is 3.58. The van der Waals surface area contributed by atoms with Crippen LogP contribution in [0.2, 0.25) is 0 Å². The van der Waals surface area contributed by atoms with Crippen molar-refractivity contribution in [1.82, 2.24) is 14.7 Å². The van der Waals surface area contributed by atoms with Crippen molar-refractivity contribution >= 4 is 18.3 Å². The minimum atomic E-state index is -0.0599. The number of fused-ring (bicyclic) bond motifs is 1. The normalized spacial score (nSPS) is 20.6. The summed E-state index contributed by atoms with van der Waals surface area (Å²) in [6.07, 6.45) is 4.90. The Balaban J connectivity index is 0.00000225. The van der Waals surface area contributed by atoms with E-state index in [-0.39, 0.29) is 29.8 Å². The molecule has 2 aromatic rings. The number of benzene rings is 1. The zero-order valence-electron chi connectivity index (χ0n) is 17.1. The molecule has 1 aromatic heterocycles. The topological polar surface area (TPSA) is 64.2 Å². The number of amides is 1. The van der Waals surface area contributed by atoms with Crippen molar-refractivity contribution in [1.29, 1.82) is 0 Å². The van der Waals surface area contributed by atoms with Crippen LogP contribution < -0.4 is 5.73 Å². The van der Waals surface area contributed by atoms with Crippen LogP contribution in [0.15, 0.2) is 24.3 Å². The fourth-order valence-electron chi connectivity index (χ4n) is 4.39. The summed E-state index contributed by atoms with van der Waals surface area (Å²) in [6.45, 7) is 7.87. The van der Waals surface area contributed by atoms with Crippen LogP contribution in [0, 0.1) is 5.41 Å². The summed E-state index contributed by atoms with van der Waals surface area (Å²) in [5.41, 5.74) is 11.5. The maximum Gasteiger partial charge on any atom is 0.274 e. The van der Waals surface area contributed by atoms with Crippen LogP contribution in [0.5, 0.6) is 0 Å². The first kappa shape index (κ1) is 20.9. The van der Waals surface area contributed by atoms with Crippen molar-refractivity contribution in [2.45, 2.75) is 58.9 Å². The van der Waals surface area contributed by atoms with E-state index in [0.717, 1.165) is 49.9 Å². The zero-order valence-corrected chi connectivity index (χ0v) is 17.9. The molecule has 152 valence electrons. The molecule has 1 aromatic carbocycles. The third-order valence-electron chi connectivity index (χ3n) is 6.32. The first-order valence-electron chi connectivity index (χ1n) is 10.2. The van der Waals surface area contributed by atoms with Crippen LogP contribution in [0.25, 0.3) is 5.69 Å². The largest absolute Gasteiger partial charge is 0.337 e. The number of aryl methyl sites for hydroxylation is 1. The molecule has 2 N–H and O–H groups in total. The molecule has 2 heterocycles. The molecule has 0 spiro atoms. The molecule has 1 aliphatic heterocycles. The van der Waals surface area contributed by atoms with Crippen molar-refractivity contribution in [3.8, 4) is 5.69 Å². The second-order valence-corrected chi connectivity index (χ2v) is 8.67. The number of carbonyl (C=O) groups excluding carboxylic acids is 1. The van der Waals surface area contributed by atoms with Gasteiger partial charge >= 0.3 is 0 Å². The Bertz CT molecular complexity index is 856. The van der Waals surface area contributed by atoms with Crippen molar-refractivity contribution in [2.75, 3.05) is 13.1 Å². The summed E-state index contributed by atoms with van der Waals surface area (Å²) in [5, 5.41) is 4.79. The number of halogens is 1. The summed E-state index contributed by atoms with van der Waals surface area (Å²) in [7, 11) is 0. The molecule has 2 aliphatic rings. The van der Waals surface area contributed by atoms with Crippen molar-refractivity contribution in [2.24, 2.45) is 11.1 Å². The van der Waals surface area contributed by atoms with Gasteiger partial charge in [-0.2, -0.15) is 5.10 Å². The Morgan fingerprint density at radius 3 is 2.61 bits per heavy atom. The Hall–Kier alpha value is -1.85. The van der Waals surface area contributed by atoms with Gasteiger partial charge in [0.05, 0.1) is 5.69 Å². The number of piperidine rings is 1. The Morgan fingerprint density at radius 1 is 1.25 bits per heavy atom. The van der Waals surface area contributed by atoms with Gasteiger partial charge in [-0.05, 0) is 55.2 Å². The maximum absolute atomic E-state index is 13.3. The molecule has 6 heteroatoms. The highest BCUT2D eigenvalue weighted by Crippen LogP contribution is 2.32. The average molecular weight is 403 g/mol. The first-order valence-corrected chi connectivity index (χ1v) is 10.2. The van der Waals surface area contributed by atoms with Crippen LogP contribution >= 0.6 is 12.4 Å². The molecule has 1 atom stereocenters. The average Bonchev–Trinajstić information content (AvgIpc) is 3.26. The fraction of sp³-hybridized carbons (Fsp3) is 0.545. The summed E-state index contributed by atoms with van der Waals surface area (Å²) in [5.74, 6) is 0.0667. The highest BCUT2D eigenvalue weighted by atomic mass is 35.5. The van der Waals surface area contributed by atoms with Gasteiger partial charge in [0.1, 0.15) is 0 Å². The second kappa shape index (κ2) is 7.88. The van der Waals surface area contributed by atoms with Crippen molar-refractivity contribution in [3.63, 3.8) is 0 Å². The Kier molecular flexibility index (Phi) is 5.87. The van der Waals surface area contributed by atoms with E-state index < -0.39 is 0 Å². The summed E-state index contributed by atoms with van der Waals surface area (Å²) < 4.78 is 2.00. The van der Waals surface area contributed by atoms with E-state index in [9.17, 15) is 4.79 Å². The van der Waals surface area contributed by atoms with Gasteiger partial charge in [-0.3, -0.25) is 4.79 Å². The molecule has 0 radical (unpaired) electrons. The molecule has 28 heavy (non-hydrogen) atoms. The number of nitrogens with zero attached hydrogens (tertiary/aromatic N) is 3. The number of rotatable bonds is 3. The standard InChI is InChI=1S/C22H30N4O.ClH/c1-4-15-8-10-16(11-9-15)26-18-7-5-6-17(18)20(24-26)21(27)25-13-12-19(23)22(2,3)14-25;/h8-11,19H,4-7,12-14,23H2,1-3H3;1H. The van der Waals surface area contributed by atoms with E-state index in [4.69, 9.17) is 10.8 Å². The number of carbonyl (C=O) groups is 1. The van der Waals surface area contributed by atoms with E-state index in [1.807, 2.05) is 9.58 Å². The van der Waals surface area contributed by atoms with Gasteiger partial charge in [0.25, 0.3) is 5.91 Å². The second-order valence-electron chi connectivity index (χ2n) is 8.67. The molecule has 1 aliphatic carbocycles. The van der Waals surface area contributed by atoms with Crippen LogP contribution in [0.3, 0.4) is 0 Å². The summed E-state index contributed by atoms with van der Waals surface area (Å²) >= 11 is 0. The van der Waals surface area contributed by atoms with Gasteiger partial charge < -0.3 is 10.6 Å². The van der Waals surface area contributed by atoms with E-state index in [2.05, 4.69) is 45.0 Å². The van der Waals surface area contributed by atoms with E-state index >= 15 is 0 Å². The van der Waals surface area contributed by atoms with Crippen LogP contribution in [-0.2, 0) is 19.3 Å². The van der Waals surface area contributed by atoms with E-state index in [1.54, 1.807) is 0 Å². The maximum atomic E-state index is 13.3. The van der Waals surface area contributed by atoms with Gasteiger partial charge in [-0.15, -0.1) is 12.4 Å². The van der Waals surface area contributed by atoms with Gasteiger partial charge in [0.15, 0.2) is 5.69 Å². The Labute approximate surface area is 173 Å². The minimum Gasteiger partial charge on any atom is -0.337 e. The molecule has 4 rings (SSSR count). The van der Waals surface area contributed by atoms with Crippen LogP contribution in [0.4, 0.5) is 0 Å². The highest BCUT2D eigenvalue weighted by Gasteiger charge is 2.37. The number of hydrogen-bond acceptors (Lipinski definition) is 3. The number of hydrogen-bond donors (Lipinski definition) is 1. The lowest BCUT2D eigenvalue weighted by Crippen LogP contribution is -2.54. The third-order valence-corrected chi connectivity index (χ3v) is 6.32. The SMILES string of the molecule is CCc1ccc(-n2nc(C(=O)N3CCC(N)C(C)(C)C3)c3c2CCC3)cc1.Cl. The Morgan fingerprint density at radius 2 is 1.96 bits per heavy atom. The van der Waals surface area contributed by atoms with Crippen molar-refractivity contribution in [3.05, 3.63) is 46.8 Å². The van der Waals surface area contributed by atoms with Crippen molar-refractivity contribution < 1.29 is 4.79 Å². The number of nitrogens with two attached hydrogens (primary N) is 1. The number of aromatic nitrogens is 2. The number of likely N-dealkylation sites (tertiary alicyclic amines) is 1. The van der Waals surface area contributed by atoms with Gasteiger partial charge in [-0.25, -0.2) is 4.68 Å². The first-order chi connectivity index (χ1) is 12.9. The summed E-state index contributed by atoms with van der Waals surface area (Å²) in [4.78, 5) is 15.3. The molecule has 1 amide bonds. The molecule has 1 unspecified atom stereocenters. The quantitative estimate of drug-likeness (QED) is 0.853. The molecule has 1 fully saturated rings. The van der Waals surface area contributed by atoms with E-state index in [1.165, 1.54) is 11.3 Å². The zero-order chi connectivity index (χ0) is 19.2.